The molecular formula is C43H43N3O12. The molecule has 1 unspecified atom stereocenters. The van der Waals surface area contributed by atoms with Crippen molar-refractivity contribution in [2.45, 2.75) is 87.9 Å². The van der Waals surface area contributed by atoms with Crippen LogP contribution in [0.3, 0.4) is 0 Å². The van der Waals surface area contributed by atoms with Crippen molar-refractivity contribution < 1.29 is 57.1 Å². The van der Waals surface area contributed by atoms with Gasteiger partial charge in [-0.1, -0.05) is 0 Å². The van der Waals surface area contributed by atoms with E-state index in [1.54, 1.807) is 26.0 Å². The molecule has 302 valence electrons. The molecule has 2 aliphatic carbocycles. The normalized spacial score (nSPS) is 32.5. The molecule has 15 nitrogen and oxygen atoms in total. The third-order valence-corrected chi connectivity index (χ3v) is 14.0. The number of carbonyl (C=O) groups excluding carboxylic acids is 4. The van der Waals surface area contributed by atoms with E-state index in [2.05, 4.69) is 28.9 Å². The number of aromatic nitrogens is 1. The Balaban J connectivity index is 0.873. The SMILES string of the molecule is Cc1nc(C)c(C(=O)O[C@H]2C[C@H]3CCN(C)[C@H]3[C@@H]3c4cc5c(cc4C(=O)O[C@H]32)OCO5)cc1C(=O)OC1C[C@H]2CCN(C)[C@H]2[C@@H]2c3cc4c(cc3C(=O)O[C@@H]12)OCO4. The summed E-state index contributed by atoms with van der Waals surface area (Å²) >= 11 is 0. The van der Waals surface area contributed by atoms with Crippen molar-refractivity contribution in [3.8, 4) is 23.0 Å². The van der Waals surface area contributed by atoms with Gasteiger partial charge in [-0.15, -0.1) is 0 Å². The molecule has 2 saturated carbocycles. The molecule has 58 heavy (non-hydrogen) atoms. The van der Waals surface area contributed by atoms with E-state index in [1.807, 2.05) is 12.1 Å². The lowest BCUT2D eigenvalue weighted by Gasteiger charge is -2.48. The van der Waals surface area contributed by atoms with Crippen LogP contribution in [0.25, 0.3) is 0 Å². The van der Waals surface area contributed by atoms with Crippen LogP contribution in [0.5, 0.6) is 23.0 Å². The summed E-state index contributed by atoms with van der Waals surface area (Å²) in [6, 6.07) is 8.72. The molecule has 0 radical (unpaired) electrons. The van der Waals surface area contributed by atoms with Crippen LogP contribution < -0.4 is 18.9 Å². The minimum absolute atomic E-state index is 0.0655. The number of likely N-dealkylation sites (N-methyl/N-ethyl adjacent to an activating group) is 2. The summed E-state index contributed by atoms with van der Waals surface area (Å²) < 4.78 is 47.4. The van der Waals surface area contributed by atoms with Gasteiger partial charge in [0.25, 0.3) is 0 Å². The van der Waals surface area contributed by atoms with Gasteiger partial charge in [-0.05, 0) is 120 Å². The van der Waals surface area contributed by atoms with Crippen LogP contribution in [-0.4, -0.2) is 116 Å². The van der Waals surface area contributed by atoms with Crippen molar-refractivity contribution in [2.24, 2.45) is 11.8 Å². The van der Waals surface area contributed by atoms with Crippen LogP contribution in [0.2, 0.25) is 0 Å². The number of fused-ring (bicyclic) bond motifs is 12. The van der Waals surface area contributed by atoms with Crippen LogP contribution >= 0.6 is 0 Å². The van der Waals surface area contributed by atoms with Crippen molar-refractivity contribution in [3.63, 3.8) is 0 Å². The number of carbonyl (C=O) groups is 4. The molecule has 3 aromatic rings. The summed E-state index contributed by atoms with van der Waals surface area (Å²) in [6.45, 7) is 5.24. The van der Waals surface area contributed by atoms with E-state index < -0.39 is 48.3 Å². The zero-order chi connectivity index (χ0) is 39.7. The highest BCUT2D eigenvalue weighted by atomic mass is 16.7. The molecule has 8 aliphatic rings. The molecule has 6 aliphatic heterocycles. The number of rotatable bonds is 4. The van der Waals surface area contributed by atoms with Crippen LogP contribution in [0.15, 0.2) is 30.3 Å². The number of ether oxygens (including phenoxy) is 8. The Morgan fingerprint density at radius 2 is 1.05 bits per heavy atom. The highest BCUT2D eigenvalue weighted by Gasteiger charge is 2.57. The summed E-state index contributed by atoms with van der Waals surface area (Å²) in [5.74, 6) is -0.394. The second kappa shape index (κ2) is 13.0. The van der Waals surface area contributed by atoms with Gasteiger partial charge in [0.05, 0.1) is 33.6 Å². The number of likely N-dealkylation sites (tertiary alicyclic amines) is 2. The van der Waals surface area contributed by atoms with E-state index >= 15 is 0 Å². The lowest BCUT2D eigenvalue weighted by molar-refractivity contribution is -0.0869. The number of nitrogens with zero attached hydrogens (tertiary/aromatic N) is 3. The highest BCUT2D eigenvalue weighted by Crippen LogP contribution is 2.53. The Morgan fingerprint density at radius 1 is 0.638 bits per heavy atom. The first-order chi connectivity index (χ1) is 28.0. The van der Waals surface area contributed by atoms with Gasteiger partial charge in [0.1, 0.15) is 24.4 Å². The highest BCUT2D eigenvalue weighted by molar-refractivity contribution is 5.97. The molecule has 0 bridgehead atoms. The van der Waals surface area contributed by atoms with E-state index in [0.717, 1.165) is 37.1 Å². The summed E-state index contributed by atoms with van der Waals surface area (Å²) in [5, 5.41) is 0. The van der Waals surface area contributed by atoms with Gasteiger partial charge in [0.2, 0.25) is 13.6 Å². The Labute approximate surface area is 333 Å². The van der Waals surface area contributed by atoms with Crippen LogP contribution in [0.1, 0.15) is 101 Å². The molecule has 1 aromatic heterocycles. The number of benzene rings is 2. The number of esters is 4. The van der Waals surface area contributed by atoms with Gasteiger partial charge in [0, 0.05) is 23.9 Å². The van der Waals surface area contributed by atoms with E-state index in [1.165, 1.54) is 6.07 Å². The van der Waals surface area contributed by atoms with Crippen LogP contribution in [0, 0.1) is 25.7 Å². The van der Waals surface area contributed by atoms with Gasteiger partial charge >= 0.3 is 23.9 Å². The van der Waals surface area contributed by atoms with Crippen molar-refractivity contribution in [1.82, 2.24) is 14.8 Å². The molecule has 11 rings (SSSR count). The monoisotopic (exact) mass is 793 g/mol. The fraction of sp³-hybridized carbons (Fsp3) is 0.512. The maximum absolute atomic E-state index is 14.2. The summed E-state index contributed by atoms with van der Waals surface area (Å²) in [7, 11) is 4.15. The Hall–Kier alpha value is -5.41. The molecule has 15 heteroatoms. The average molecular weight is 794 g/mol. The molecule has 4 fully saturated rings. The molecule has 2 aromatic carbocycles. The van der Waals surface area contributed by atoms with Gasteiger partial charge in [0.15, 0.2) is 23.0 Å². The zero-order valence-corrected chi connectivity index (χ0v) is 32.6. The first-order valence-corrected chi connectivity index (χ1v) is 20.1. The van der Waals surface area contributed by atoms with Crippen molar-refractivity contribution in [3.05, 3.63) is 75.1 Å². The third kappa shape index (κ3) is 5.34. The Morgan fingerprint density at radius 3 is 1.48 bits per heavy atom. The third-order valence-electron chi connectivity index (χ3n) is 14.0. The second-order valence-electron chi connectivity index (χ2n) is 17.0. The number of hydrogen-bond donors (Lipinski definition) is 0. The lowest BCUT2D eigenvalue weighted by Crippen LogP contribution is -2.55. The number of pyridine rings is 1. The fourth-order valence-electron chi connectivity index (χ4n) is 11.4. The zero-order valence-electron chi connectivity index (χ0n) is 32.6. The summed E-state index contributed by atoms with van der Waals surface area (Å²) in [5.41, 5.74) is 3.44. The lowest BCUT2D eigenvalue weighted by atomic mass is 9.69. The van der Waals surface area contributed by atoms with E-state index in [-0.39, 0.29) is 60.5 Å². The molecule has 7 heterocycles. The Kier molecular flexibility index (Phi) is 8.04. The van der Waals surface area contributed by atoms with E-state index in [9.17, 15) is 19.2 Å². The van der Waals surface area contributed by atoms with Crippen molar-refractivity contribution >= 4 is 23.9 Å². The second-order valence-corrected chi connectivity index (χ2v) is 17.0. The Bertz CT molecular complexity index is 2160. The average Bonchev–Trinajstić information content (AvgIpc) is 4.01. The molecule has 0 spiro atoms. The molecule has 2 saturated heterocycles. The summed E-state index contributed by atoms with van der Waals surface area (Å²) in [6.07, 6.45) is -0.156. The number of hydrogen-bond acceptors (Lipinski definition) is 15. The maximum Gasteiger partial charge on any atom is 0.340 e. The quantitative estimate of drug-likeness (QED) is 0.272. The fourth-order valence-corrected chi connectivity index (χ4v) is 11.4. The predicted molar refractivity (Wildman–Crippen MR) is 199 cm³/mol. The first-order valence-electron chi connectivity index (χ1n) is 20.1. The summed E-state index contributed by atoms with van der Waals surface area (Å²) in [4.78, 5) is 64.6. The standard InChI is InChI=1S/C43H43N3O12/c1-18-22(40(47)55-32-9-20-5-7-45(3)36(20)34-24-12-28-30(53-16-51-28)14-26(24)42(49)57-38(32)34)11-23(19(2)44-18)41(48)56-33-10-21-6-8-46(4)37(21)35-25-13-29-31(54-17-52-29)15-27(25)43(50)58-39(33)35/h11-15,20-21,32-39H,5-10,16-17H2,1-4H3/t20-,21-,32+,33?,34+,35+,36-,37-,38+,39+/m1/s1. The van der Waals surface area contributed by atoms with E-state index in [4.69, 9.17) is 37.9 Å². The maximum atomic E-state index is 14.2. The topological polar surface area (TPSA) is 161 Å². The van der Waals surface area contributed by atoms with Crippen molar-refractivity contribution in [2.75, 3.05) is 40.8 Å². The van der Waals surface area contributed by atoms with Crippen LogP contribution in [-0.2, 0) is 18.9 Å². The minimum atomic E-state index is -0.748. The molecular weight excluding hydrogens is 750 g/mol. The minimum Gasteiger partial charge on any atom is -0.455 e. The van der Waals surface area contributed by atoms with Gasteiger partial charge in [-0.3, -0.25) is 4.98 Å². The first kappa shape index (κ1) is 35.7. The molecule has 0 amide bonds. The van der Waals surface area contributed by atoms with Crippen LogP contribution in [0.4, 0.5) is 0 Å². The molecule has 0 N–H and O–H groups in total. The smallest absolute Gasteiger partial charge is 0.340 e. The number of aryl methyl sites for hydroxylation is 2. The van der Waals surface area contributed by atoms with Gasteiger partial charge in [-0.2, -0.15) is 0 Å². The van der Waals surface area contributed by atoms with Gasteiger partial charge in [-0.25, -0.2) is 19.2 Å². The van der Waals surface area contributed by atoms with E-state index in [0.29, 0.717) is 58.4 Å². The predicted octanol–water partition coefficient (Wildman–Crippen LogP) is 4.30. The molecule has 10 atom stereocenters. The van der Waals surface area contributed by atoms with Crippen molar-refractivity contribution in [1.29, 1.82) is 0 Å². The largest absolute Gasteiger partial charge is 0.455 e. The van der Waals surface area contributed by atoms with Gasteiger partial charge < -0.3 is 47.7 Å².